The maximum absolute atomic E-state index is 11.8. The summed E-state index contributed by atoms with van der Waals surface area (Å²) in [6, 6.07) is 8.01. The van der Waals surface area contributed by atoms with Crippen molar-refractivity contribution in [2.45, 2.75) is 33.2 Å². The van der Waals surface area contributed by atoms with Crippen molar-refractivity contribution in [3.05, 3.63) is 30.1 Å². The second kappa shape index (κ2) is 6.48. The normalized spacial score (nSPS) is 11.1. The van der Waals surface area contributed by atoms with E-state index >= 15 is 0 Å². The van der Waals surface area contributed by atoms with Gasteiger partial charge in [-0.1, -0.05) is 19.1 Å². The van der Waals surface area contributed by atoms with Crippen molar-refractivity contribution in [1.29, 1.82) is 0 Å². The number of benzene rings is 1. The number of ether oxygens (including phenoxy) is 1. The van der Waals surface area contributed by atoms with Crippen LogP contribution in [0, 0.1) is 0 Å². The van der Waals surface area contributed by atoms with E-state index in [1.807, 2.05) is 25.1 Å². The second-order valence-electron chi connectivity index (χ2n) is 4.52. The molecule has 4 heteroatoms. The summed E-state index contributed by atoms with van der Waals surface area (Å²) in [6.07, 6.45) is 1.36. The fourth-order valence-corrected chi connectivity index (χ4v) is 2.18. The third-order valence-electron chi connectivity index (χ3n) is 3.00. The molecule has 2 aromatic rings. The number of hydrogen-bond donors (Lipinski definition) is 0. The molecule has 0 unspecified atom stereocenters. The summed E-state index contributed by atoms with van der Waals surface area (Å²) < 4.78 is 7.29. The van der Waals surface area contributed by atoms with E-state index in [1.165, 1.54) is 0 Å². The number of carbonyl (C=O) groups excluding carboxylic acids is 1. The molecule has 0 fully saturated rings. The lowest BCUT2D eigenvalue weighted by Gasteiger charge is -2.07. The van der Waals surface area contributed by atoms with Crippen LogP contribution in [-0.2, 0) is 22.5 Å². The minimum Gasteiger partial charge on any atom is -0.374 e. The molecule has 0 saturated carbocycles. The van der Waals surface area contributed by atoms with Gasteiger partial charge >= 0.3 is 0 Å². The van der Waals surface area contributed by atoms with Crippen molar-refractivity contribution in [2.24, 2.45) is 0 Å². The number of nitrogens with zero attached hydrogens (tertiary/aromatic N) is 2. The Morgan fingerprint density at radius 1 is 1.32 bits per heavy atom. The third kappa shape index (κ3) is 3.20. The quantitative estimate of drug-likeness (QED) is 0.768. The van der Waals surface area contributed by atoms with Crippen molar-refractivity contribution < 1.29 is 9.53 Å². The molecule has 1 heterocycles. The molecule has 102 valence electrons. The minimum absolute atomic E-state index is 0.0782. The van der Waals surface area contributed by atoms with E-state index in [1.54, 1.807) is 0 Å². The predicted molar refractivity (Wildman–Crippen MR) is 75.2 cm³/mol. The van der Waals surface area contributed by atoms with Crippen molar-refractivity contribution in [3.8, 4) is 0 Å². The fraction of sp³-hybridized carbons (Fsp3) is 0.467. The van der Waals surface area contributed by atoms with Gasteiger partial charge in [-0.15, -0.1) is 0 Å². The molecule has 19 heavy (non-hydrogen) atoms. The summed E-state index contributed by atoms with van der Waals surface area (Å²) in [5.41, 5.74) is 2.05. The van der Waals surface area contributed by atoms with Gasteiger partial charge in [0.2, 0.25) is 0 Å². The number of Topliss-reactive ketones (excluding diaryl/α,β-unsaturated/α-hetero) is 1. The van der Waals surface area contributed by atoms with E-state index in [-0.39, 0.29) is 12.4 Å². The molecule has 0 saturated heterocycles. The van der Waals surface area contributed by atoms with E-state index in [0.29, 0.717) is 13.0 Å². The number of aryl methyl sites for hydroxylation is 1. The molecule has 0 aliphatic carbocycles. The SMILES string of the molecule is CCCn1c(CC(=O)COCC)nc2ccccc21. The van der Waals surface area contributed by atoms with Crippen molar-refractivity contribution in [1.82, 2.24) is 9.55 Å². The van der Waals surface area contributed by atoms with E-state index in [2.05, 4.69) is 22.5 Å². The van der Waals surface area contributed by atoms with Gasteiger partial charge in [0, 0.05) is 13.2 Å². The van der Waals surface area contributed by atoms with Crippen LogP contribution >= 0.6 is 0 Å². The molecule has 1 aromatic carbocycles. The zero-order valence-corrected chi connectivity index (χ0v) is 11.6. The van der Waals surface area contributed by atoms with Crippen LogP contribution in [0.2, 0.25) is 0 Å². The van der Waals surface area contributed by atoms with Gasteiger partial charge in [0.25, 0.3) is 0 Å². The van der Waals surface area contributed by atoms with Gasteiger partial charge in [0.1, 0.15) is 12.4 Å². The Kier molecular flexibility index (Phi) is 4.68. The zero-order valence-electron chi connectivity index (χ0n) is 11.6. The highest BCUT2D eigenvalue weighted by molar-refractivity contribution is 5.83. The summed E-state index contributed by atoms with van der Waals surface area (Å²) in [6.45, 7) is 5.64. The number of rotatable bonds is 7. The van der Waals surface area contributed by atoms with Crippen LogP contribution < -0.4 is 0 Å². The highest BCUT2D eigenvalue weighted by atomic mass is 16.5. The highest BCUT2D eigenvalue weighted by Crippen LogP contribution is 2.17. The molecule has 0 aliphatic rings. The molecule has 0 bridgehead atoms. The van der Waals surface area contributed by atoms with Gasteiger partial charge in [-0.3, -0.25) is 4.79 Å². The standard InChI is InChI=1S/C15H20N2O2/c1-3-9-17-14-8-6-5-7-13(14)16-15(17)10-12(18)11-19-4-2/h5-8H,3-4,9-11H2,1-2H3. The first-order valence-electron chi connectivity index (χ1n) is 6.79. The lowest BCUT2D eigenvalue weighted by Crippen LogP contribution is -2.15. The number of para-hydroxylation sites is 2. The summed E-state index contributed by atoms with van der Waals surface area (Å²) >= 11 is 0. The molecule has 0 amide bonds. The molecule has 0 aliphatic heterocycles. The van der Waals surface area contributed by atoms with Crippen LogP contribution in [0.15, 0.2) is 24.3 Å². The van der Waals surface area contributed by atoms with Crippen molar-refractivity contribution in [3.63, 3.8) is 0 Å². The van der Waals surface area contributed by atoms with Gasteiger partial charge in [0.15, 0.2) is 5.78 Å². The van der Waals surface area contributed by atoms with Crippen LogP contribution in [0.25, 0.3) is 11.0 Å². The lowest BCUT2D eigenvalue weighted by molar-refractivity contribution is -0.122. The molecule has 0 N–H and O–H groups in total. The predicted octanol–water partition coefficient (Wildman–Crippen LogP) is 2.59. The van der Waals surface area contributed by atoms with Crippen molar-refractivity contribution >= 4 is 16.8 Å². The number of aromatic nitrogens is 2. The molecule has 1 aromatic heterocycles. The molecule has 4 nitrogen and oxygen atoms in total. The molecule has 0 atom stereocenters. The maximum Gasteiger partial charge on any atom is 0.165 e. The monoisotopic (exact) mass is 260 g/mol. The zero-order chi connectivity index (χ0) is 13.7. The number of fused-ring (bicyclic) bond motifs is 1. The van der Waals surface area contributed by atoms with Crippen LogP contribution in [0.5, 0.6) is 0 Å². The third-order valence-corrected chi connectivity index (χ3v) is 3.00. The largest absolute Gasteiger partial charge is 0.374 e. The lowest BCUT2D eigenvalue weighted by atomic mass is 10.2. The van der Waals surface area contributed by atoms with Gasteiger partial charge in [0.05, 0.1) is 17.5 Å². The summed E-state index contributed by atoms with van der Waals surface area (Å²) in [5, 5.41) is 0. The number of hydrogen-bond acceptors (Lipinski definition) is 3. The fourth-order valence-electron chi connectivity index (χ4n) is 2.18. The smallest absolute Gasteiger partial charge is 0.165 e. The second-order valence-corrected chi connectivity index (χ2v) is 4.52. The Balaban J connectivity index is 2.26. The first kappa shape index (κ1) is 13.7. The van der Waals surface area contributed by atoms with Crippen LogP contribution in [-0.4, -0.2) is 28.5 Å². The molecule has 0 spiro atoms. The Morgan fingerprint density at radius 2 is 2.11 bits per heavy atom. The van der Waals surface area contributed by atoms with Crippen LogP contribution in [0.4, 0.5) is 0 Å². The summed E-state index contributed by atoms with van der Waals surface area (Å²) in [4.78, 5) is 16.4. The van der Waals surface area contributed by atoms with E-state index in [4.69, 9.17) is 4.74 Å². The number of carbonyl (C=O) groups is 1. The number of imidazole rings is 1. The van der Waals surface area contributed by atoms with Gasteiger partial charge < -0.3 is 9.30 Å². The van der Waals surface area contributed by atoms with Gasteiger partial charge in [-0.05, 0) is 25.5 Å². The Bertz CT molecular complexity index is 560. The van der Waals surface area contributed by atoms with Gasteiger partial charge in [-0.2, -0.15) is 0 Å². The summed E-state index contributed by atoms with van der Waals surface area (Å²) in [5.74, 6) is 0.919. The van der Waals surface area contributed by atoms with Gasteiger partial charge in [-0.25, -0.2) is 4.98 Å². The molecule has 2 rings (SSSR count). The Labute approximate surface area is 113 Å². The first-order valence-corrected chi connectivity index (χ1v) is 6.79. The Morgan fingerprint density at radius 3 is 2.84 bits per heavy atom. The van der Waals surface area contributed by atoms with E-state index in [9.17, 15) is 4.79 Å². The molecule has 0 radical (unpaired) electrons. The first-order chi connectivity index (χ1) is 9.26. The average molecular weight is 260 g/mol. The minimum atomic E-state index is 0.0782. The highest BCUT2D eigenvalue weighted by Gasteiger charge is 2.13. The van der Waals surface area contributed by atoms with Crippen molar-refractivity contribution in [2.75, 3.05) is 13.2 Å². The maximum atomic E-state index is 11.8. The average Bonchev–Trinajstić information content (AvgIpc) is 2.75. The van der Waals surface area contributed by atoms with Crippen LogP contribution in [0.1, 0.15) is 26.1 Å². The molecular formula is C15H20N2O2. The van der Waals surface area contributed by atoms with E-state index in [0.717, 1.165) is 29.8 Å². The van der Waals surface area contributed by atoms with E-state index < -0.39 is 0 Å². The number of ketones is 1. The summed E-state index contributed by atoms with van der Waals surface area (Å²) in [7, 11) is 0. The topological polar surface area (TPSA) is 44.1 Å². The molecular weight excluding hydrogens is 240 g/mol. The van der Waals surface area contributed by atoms with Crippen LogP contribution in [0.3, 0.4) is 0 Å². The Hall–Kier alpha value is -1.68.